The van der Waals surface area contributed by atoms with Crippen LogP contribution in [0.1, 0.15) is 17.3 Å². The third-order valence-corrected chi connectivity index (χ3v) is 4.11. The summed E-state index contributed by atoms with van der Waals surface area (Å²) in [5.74, 6) is 0.0504. The van der Waals surface area contributed by atoms with Crippen LogP contribution in [-0.2, 0) is 4.79 Å². The Morgan fingerprint density at radius 1 is 1.55 bits per heavy atom. The van der Waals surface area contributed by atoms with Gasteiger partial charge >= 0.3 is 5.97 Å². The minimum atomic E-state index is -0.842. The van der Waals surface area contributed by atoms with E-state index in [1.54, 1.807) is 0 Å². The summed E-state index contributed by atoms with van der Waals surface area (Å²) in [6.07, 6.45) is 1.94. The Bertz CT molecular complexity index is 654. The number of aryl methyl sites for hydroxylation is 1. The van der Waals surface area contributed by atoms with Crippen LogP contribution in [-0.4, -0.2) is 33.0 Å². The Morgan fingerprint density at radius 2 is 2.35 bits per heavy atom. The summed E-state index contributed by atoms with van der Waals surface area (Å²) < 4.78 is 7.69. The van der Waals surface area contributed by atoms with Crippen molar-refractivity contribution in [1.29, 1.82) is 0 Å². The first-order valence-electron chi connectivity index (χ1n) is 6.27. The number of fused-ring (bicyclic) bond motifs is 1. The van der Waals surface area contributed by atoms with Gasteiger partial charge in [-0.1, -0.05) is 30.0 Å². The maximum absolute atomic E-state index is 10.7. The van der Waals surface area contributed by atoms with Crippen LogP contribution >= 0.6 is 11.8 Å². The van der Waals surface area contributed by atoms with Crippen molar-refractivity contribution >= 4 is 17.7 Å². The number of carboxylic acids is 1. The molecule has 5 nitrogen and oxygen atoms in total. The molecule has 0 radical (unpaired) electrons. The van der Waals surface area contributed by atoms with Gasteiger partial charge in [0.25, 0.3) is 0 Å². The molecule has 1 aromatic heterocycles. The molecule has 0 aliphatic carbocycles. The second-order valence-corrected chi connectivity index (χ2v) is 5.56. The zero-order valence-electron chi connectivity index (χ0n) is 10.9. The highest BCUT2D eigenvalue weighted by molar-refractivity contribution is 7.99. The van der Waals surface area contributed by atoms with E-state index in [4.69, 9.17) is 9.84 Å². The normalized spacial score (nSPS) is 16.8. The molecule has 1 atom stereocenters. The van der Waals surface area contributed by atoms with Gasteiger partial charge in [0.1, 0.15) is 12.4 Å². The van der Waals surface area contributed by atoms with Crippen LogP contribution in [0.5, 0.6) is 5.75 Å². The van der Waals surface area contributed by atoms with E-state index in [2.05, 4.69) is 4.98 Å². The lowest BCUT2D eigenvalue weighted by molar-refractivity contribution is -0.133. The van der Waals surface area contributed by atoms with Crippen LogP contribution in [0.25, 0.3) is 0 Å². The molecule has 1 N–H and O–H groups in total. The molecule has 1 aromatic carbocycles. The molecule has 0 fully saturated rings. The smallest absolute Gasteiger partial charge is 0.313 e. The predicted molar refractivity (Wildman–Crippen MR) is 75.4 cm³/mol. The quantitative estimate of drug-likeness (QED) is 0.876. The maximum Gasteiger partial charge on any atom is 0.313 e. The Hall–Kier alpha value is -1.95. The van der Waals surface area contributed by atoms with Crippen molar-refractivity contribution in [2.45, 2.75) is 18.1 Å². The molecular formula is C14H14N2O3S. The summed E-state index contributed by atoms with van der Waals surface area (Å²) in [7, 11) is 0. The highest BCUT2D eigenvalue weighted by Crippen LogP contribution is 2.36. The summed E-state index contributed by atoms with van der Waals surface area (Å²) in [6, 6.07) is 7.97. The van der Waals surface area contributed by atoms with E-state index in [1.165, 1.54) is 11.8 Å². The highest BCUT2D eigenvalue weighted by atomic mass is 32.2. The van der Waals surface area contributed by atoms with Crippen molar-refractivity contribution in [2.24, 2.45) is 0 Å². The summed E-state index contributed by atoms with van der Waals surface area (Å²) in [4.78, 5) is 15.1. The van der Waals surface area contributed by atoms with Gasteiger partial charge in [0.2, 0.25) is 0 Å². The number of hydrogen-bond acceptors (Lipinski definition) is 4. The van der Waals surface area contributed by atoms with E-state index in [1.807, 2.05) is 42.0 Å². The SMILES string of the molecule is Cc1cn(C2COc3ccccc32)c(SCC(=O)O)n1. The highest BCUT2D eigenvalue weighted by Gasteiger charge is 2.27. The van der Waals surface area contributed by atoms with Crippen LogP contribution in [0.3, 0.4) is 0 Å². The largest absolute Gasteiger partial charge is 0.491 e. The molecule has 1 aliphatic rings. The first-order chi connectivity index (χ1) is 9.65. The number of aliphatic carboxylic acids is 1. The number of nitrogens with zero attached hydrogens (tertiary/aromatic N) is 2. The van der Waals surface area contributed by atoms with Crippen molar-refractivity contribution in [2.75, 3.05) is 12.4 Å². The van der Waals surface area contributed by atoms with E-state index in [9.17, 15) is 4.79 Å². The number of benzene rings is 1. The van der Waals surface area contributed by atoms with E-state index in [0.29, 0.717) is 6.61 Å². The Morgan fingerprint density at radius 3 is 3.15 bits per heavy atom. The second-order valence-electron chi connectivity index (χ2n) is 4.62. The molecule has 0 amide bonds. The van der Waals surface area contributed by atoms with E-state index in [0.717, 1.165) is 22.2 Å². The average Bonchev–Trinajstić information content (AvgIpc) is 2.99. The van der Waals surface area contributed by atoms with Gasteiger partial charge in [-0.2, -0.15) is 0 Å². The van der Waals surface area contributed by atoms with Crippen LogP contribution in [0, 0.1) is 6.92 Å². The van der Waals surface area contributed by atoms with Gasteiger partial charge in [0, 0.05) is 11.8 Å². The molecule has 0 saturated heterocycles. The Balaban J connectivity index is 1.93. The number of aromatic nitrogens is 2. The van der Waals surface area contributed by atoms with Gasteiger partial charge in [-0.05, 0) is 13.0 Å². The van der Waals surface area contributed by atoms with Crippen molar-refractivity contribution in [3.63, 3.8) is 0 Å². The van der Waals surface area contributed by atoms with Crippen LogP contribution < -0.4 is 4.74 Å². The molecule has 104 valence electrons. The lowest BCUT2D eigenvalue weighted by atomic mass is 10.1. The second kappa shape index (κ2) is 5.20. The maximum atomic E-state index is 10.7. The van der Waals surface area contributed by atoms with E-state index in [-0.39, 0.29) is 11.8 Å². The van der Waals surface area contributed by atoms with Crippen molar-refractivity contribution in [3.05, 3.63) is 41.7 Å². The summed E-state index contributed by atoms with van der Waals surface area (Å²) in [5.41, 5.74) is 1.99. The fourth-order valence-corrected chi connectivity index (χ4v) is 3.12. The van der Waals surface area contributed by atoms with Gasteiger partial charge in [-0.3, -0.25) is 4.79 Å². The number of carboxylic acid groups (broad SMARTS) is 1. The monoisotopic (exact) mass is 290 g/mol. The number of hydrogen-bond donors (Lipinski definition) is 1. The summed E-state index contributed by atoms with van der Waals surface area (Å²) >= 11 is 1.23. The fourth-order valence-electron chi connectivity index (χ4n) is 2.33. The summed E-state index contributed by atoms with van der Waals surface area (Å²) in [6.45, 7) is 2.46. The molecular weight excluding hydrogens is 276 g/mol. The zero-order valence-corrected chi connectivity index (χ0v) is 11.8. The molecule has 1 unspecified atom stereocenters. The minimum Gasteiger partial charge on any atom is -0.491 e. The molecule has 0 saturated carbocycles. The first-order valence-corrected chi connectivity index (χ1v) is 7.25. The van der Waals surface area contributed by atoms with Gasteiger partial charge in [-0.15, -0.1) is 0 Å². The van der Waals surface area contributed by atoms with Crippen molar-refractivity contribution in [1.82, 2.24) is 9.55 Å². The summed E-state index contributed by atoms with van der Waals surface area (Å²) in [5, 5.41) is 9.53. The lowest BCUT2D eigenvalue weighted by Crippen LogP contribution is -2.13. The molecule has 3 rings (SSSR count). The van der Waals surface area contributed by atoms with Gasteiger partial charge in [0.05, 0.1) is 17.5 Å². The van der Waals surface area contributed by atoms with E-state index < -0.39 is 5.97 Å². The molecule has 1 aliphatic heterocycles. The van der Waals surface area contributed by atoms with Crippen molar-refractivity contribution < 1.29 is 14.6 Å². The van der Waals surface area contributed by atoms with Crippen LogP contribution in [0.15, 0.2) is 35.6 Å². The molecule has 20 heavy (non-hydrogen) atoms. The van der Waals surface area contributed by atoms with Gasteiger partial charge in [-0.25, -0.2) is 4.98 Å². The van der Waals surface area contributed by atoms with Crippen molar-refractivity contribution in [3.8, 4) is 5.75 Å². The average molecular weight is 290 g/mol. The molecule has 0 bridgehead atoms. The number of carbonyl (C=O) groups is 1. The standard InChI is InChI=1S/C14H14N2O3S/c1-9-6-16(14(15-9)20-8-13(17)18)11-7-19-12-5-3-2-4-10(11)12/h2-6,11H,7-8H2,1H3,(H,17,18). The number of ether oxygens (including phenoxy) is 1. The number of rotatable bonds is 4. The molecule has 2 aromatic rings. The Kier molecular flexibility index (Phi) is 3.40. The van der Waals surface area contributed by atoms with E-state index >= 15 is 0 Å². The molecule has 6 heteroatoms. The topological polar surface area (TPSA) is 64.3 Å². The first kappa shape index (κ1) is 13.1. The van der Waals surface area contributed by atoms with Gasteiger partial charge < -0.3 is 14.4 Å². The molecule has 0 spiro atoms. The number of thioether (sulfide) groups is 1. The van der Waals surface area contributed by atoms with Gasteiger partial charge in [0.15, 0.2) is 5.16 Å². The Labute approximate surface area is 120 Å². The van der Waals surface area contributed by atoms with Crippen LogP contribution in [0.4, 0.5) is 0 Å². The zero-order chi connectivity index (χ0) is 14.1. The third-order valence-electron chi connectivity index (χ3n) is 3.15. The molecule has 2 heterocycles. The minimum absolute atomic E-state index is 0.00563. The van der Waals surface area contributed by atoms with Crippen LogP contribution in [0.2, 0.25) is 0 Å². The third kappa shape index (κ3) is 2.38. The predicted octanol–water partition coefficient (Wildman–Crippen LogP) is 2.35. The fraction of sp³-hybridized carbons (Fsp3) is 0.286. The lowest BCUT2D eigenvalue weighted by Gasteiger charge is -2.13. The number of para-hydroxylation sites is 1. The number of imidazole rings is 1.